The molecule has 1 N–H and O–H groups in total. The summed E-state index contributed by atoms with van der Waals surface area (Å²) in [6, 6.07) is 8.02. The van der Waals surface area contributed by atoms with Gasteiger partial charge in [-0.25, -0.2) is 4.79 Å². The second-order valence-corrected chi connectivity index (χ2v) is 11.0. The van der Waals surface area contributed by atoms with E-state index in [1.165, 1.54) is 6.08 Å². The fourth-order valence-electron chi connectivity index (χ4n) is 3.07. The predicted octanol–water partition coefficient (Wildman–Crippen LogP) is 1.83. The van der Waals surface area contributed by atoms with Crippen LogP contribution in [0.4, 0.5) is 0 Å². The first-order chi connectivity index (χ1) is 13.6. The van der Waals surface area contributed by atoms with Crippen molar-refractivity contribution < 1.29 is 23.3 Å². The van der Waals surface area contributed by atoms with Crippen molar-refractivity contribution in [3.05, 3.63) is 47.7 Å². The third kappa shape index (κ3) is 4.94. The highest BCUT2D eigenvalue weighted by molar-refractivity contribution is 7.86. The van der Waals surface area contributed by atoms with Gasteiger partial charge in [0.2, 0.25) is 9.70 Å². The van der Waals surface area contributed by atoms with E-state index < -0.39 is 49.7 Å². The van der Waals surface area contributed by atoms with Crippen LogP contribution in [-0.4, -0.2) is 54.0 Å². The van der Waals surface area contributed by atoms with Crippen LogP contribution in [0, 0.1) is 0 Å². The molecule has 156 valence electrons. The van der Waals surface area contributed by atoms with Crippen molar-refractivity contribution in [3.8, 4) is 0 Å². The molecule has 0 saturated carbocycles. The molecule has 0 aromatic heterocycles. The number of ether oxygens (including phenoxy) is 1. The second-order valence-electron chi connectivity index (χ2n) is 6.58. The first kappa shape index (κ1) is 22.1. The summed E-state index contributed by atoms with van der Waals surface area (Å²) in [6.45, 7) is 1.14. The van der Waals surface area contributed by atoms with Crippen molar-refractivity contribution in [3.63, 3.8) is 0 Å². The number of fused-ring (bicyclic) bond motifs is 1. The van der Waals surface area contributed by atoms with Crippen LogP contribution in [-0.2, 0) is 36.3 Å². The molecule has 3 unspecified atom stereocenters. The quantitative estimate of drug-likeness (QED) is 0.395. The number of benzene rings is 1. The third-order valence-corrected chi connectivity index (χ3v) is 6.56. The van der Waals surface area contributed by atoms with Gasteiger partial charge in [-0.15, -0.1) is 0 Å². The Morgan fingerprint density at radius 3 is 2.52 bits per heavy atom. The molecule has 0 radical (unpaired) electrons. The number of hydrogen-bond donors (Lipinski definition) is 1. The number of halogens is 3. The van der Waals surface area contributed by atoms with E-state index in [9.17, 15) is 18.6 Å². The van der Waals surface area contributed by atoms with Gasteiger partial charge in [0.15, 0.2) is 0 Å². The lowest BCUT2D eigenvalue weighted by atomic mass is 10.0. The van der Waals surface area contributed by atoms with Crippen molar-refractivity contribution in [1.29, 1.82) is 0 Å². The van der Waals surface area contributed by atoms with Gasteiger partial charge in [0, 0.05) is 0 Å². The summed E-state index contributed by atoms with van der Waals surface area (Å²) in [4.78, 5) is 38.4. The van der Waals surface area contributed by atoms with Gasteiger partial charge in [0.1, 0.15) is 23.7 Å². The average molecular weight is 480 g/mol. The van der Waals surface area contributed by atoms with E-state index in [1.807, 2.05) is 6.07 Å². The van der Waals surface area contributed by atoms with E-state index in [0.29, 0.717) is 0 Å². The molecule has 11 heteroatoms. The number of amides is 2. The summed E-state index contributed by atoms with van der Waals surface area (Å²) < 4.78 is 15.8. The molecule has 7 nitrogen and oxygen atoms in total. The minimum atomic E-state index is -1.80. The fraction of sp³-hybridized carbons (Fsp3) is 0.389. The van der Waals surface area contributed by atoms with E-state index in [1.54, 1.807) is 31.2 Å². The Hall–Kier alpha value is -1.61. The summed E-state index contributed by atoms with van der Waals surface area (Å²) in [5.74, 6) is -1.80. The number of esters is 1. The highest BCUT2D eigenvalue weighted by atomic mass is 35.6. The van der Waals surface area contributed by atoms with E-state index in [2.05, 4.69) is 5.32 Å². The molecule has 29 heavy (non-hydrogen) atoms. The van der Waals surface area contributed by atoms with Gasteiger partial charge < -0.3 is 10.1 Å². The molecule has 0 bridgehead atoms. The van der Waals surface area contributed by atoms with Gasteiger partial charge in [-0.2, -0.15) is 0 Å². The lowest BCUT2D eigenvalue weighted by molar-refractivity contribution is -0.153. The summed E-state index contributed by atoms with van der Waals surface area (Å²) >= 11 is 16.7. The number of nitrogens with one attached hydrogen (secondary N) is 1. The molecular weight excluding hydrogens is 463 g/mol. The van der Waals surface area contributed by atoms with Crippen LogP contribution < -0.4 is 5.32 Å². The van der Waals surface area contributed by atoms with E-state index >= 15 is 0 Å². The van der Waals surface area contributed by atoms with Crippen LogP contribution in [0.3, 0.4) is 0 Å². The average Bonchev–Trinajstić information content (AvgIpc) is 2.66. The topological polar surface area (TPSA) is 92.8 Å². The summed E-state index contributed by atoms with van der Waals surface area (Å²) in [5.41, 5.74) is 0.706. The molecule has 0 spiro atoms. The molecular formula is C18H17Cl3N2O5S. The van der Waals surface area contributed by atoms with E-state index in [-0.39, 0.29) is 18.0 Å². The molecule has 3 rings (SSSR count). The zero-order valence-electron chi connectivity index (χ0n) is 15.1. The Morgan fingerprint density at radius 2 is 1.90 bits per heavy atom. The number of carbonyl (C=O) groups is 3. The van der Waals surface area contributed by atoms with Crippen molar-refractivity contribution in [2.75, 3.05) is 6.61 Å². The predicted molar refractivity (Wildman–Crippen MR) is 110 cm³/mol. The fourth-order valence-corrected chi connectivity index (χ4v) is 4.82. The summed E-state index contributed by atoms with van der Waals surface area (Å²) in [6.07, 6.45) is 1.46. The lowest BCUT2D eigenvalue weighted by Gasteiger charge is -2.49. The van der Waals surface area contributed by atoms with Gasteiger partial charge in [-0.3, -0.25) is 18.7 Å². The molecule has 0 aliphatic carbocycles. The number of β-lactam (4-membered cyclic amide) rings is 1. The van der Waals surface area contributed by atoms with E-state index in [0.717, 1.165) is 10.5 Å². The molecule has 1 saturated heterocycles. The largest absolute Gasteiger partial charge is 0.456 e. The number of nitrogens with zero attached hydrogens (tertiary/aromatic N) is 1. The molecule has 2 aliphatic heterocycles. The van der Waals surface area contributed by atoms with Crippen LogP contribution in [0.25, 0.3) is 0 Å². The van der Waals surface area contributed by atoms with Crippen molar-refractivity contribution in [1.82, 2.24) is 10.2 Å². The van der Waals surface area contributed by atoms with Crippen LogP contribution in [0.2, 0.25) is 0 Å². The maximum Gasteiger partial charge on any atom is 0.354 e. The zero-order valence-corrected chi connectivity index (χ0v) is 18.2. The number of carbonyl (C=O) groups excluding carboxylic acids is 3. The summed E-state index contributed by atoms with van der Waals surface area (Å²) in [5, 5.41) is 1.22. The Labute approximate surface area is 184 Å². The maximum absolute atomic E-state index is 12.7. The SMILES string of the molecule is CC1C=C(C(=O)OCC(Cl)(Cl)Cl)N2C(=O)C(NC(=O)Cc3ccccc3)[C@@H]2S1=O. The van der Waals surface area contributed by atoms with E-state index in [4.69, 9.17) is 39.5 Å². The molecule has 1 aromatic carbocycles. The minimum absolute atomic E-state index is 0.0742. The highest BCUT2D eigenvalue weighted by Gasteiger charge is 2.57. The Morgan fingerprint density at radius 1 is 1.24 bits per heavy atom. The Kier molecular flexibility index (Phi) is 6.57. The number of rotatable bonds is 5. The summed E-state index contributed by atoms with van der Waals surface area (Å²) in [7, 11) is -1.52. The number of alkyl halides is 3. The van der Waals surface area contributed by atoms with Crippen LogP contribution in [0.15, 0.2) is 42.1 Å². The van der Waals surface area contributed by atoms with Gasteiger partial charge in [-0.05, 0) is 18.6 Å². The van der Waals surface area contributed by atoms with Crippen LogP contribution in [0.1, 0.15) is 12.5 Å². The smallest absolute Gasteiger partial charge is 0.354 e. The molecule has 1 fully saturated rings. The maximum atomic E-state index is 12.7. The van der Waals surface area contributed by atoms with Crippen molar-refractivity contribution in [2.45, 2.75) is 33.8 Å². The molecule has 4 atom stereocenters. The molecule has 2 aliphatic rings. The normalized spacial score (nSPS) is 26.1. The first-order valence-electron chi connectivity index (χ1n) is 8.60. The molecule has 2 heterocycles. The standard InChI is InChI=1S/C18H17Cl3N2O5S/c1-10-7-12(17(26)28-9-18(19,20)21)23-15(25)14(16(23)29(10)27)22-13(24)8-11-5-3-2-4-6-11/h2-7,10,14,16H,8-9H2,1H3,(H,22,24)/t10?,14?,16-,29?/m0/s1. The van der Waals surface area contributed by atoms with Gasteiger partial charge in [-0.1, -0.05) is 65.1 Å². The Balaban J connectivity index is 1.70. The van der Waals surface area contributed by atoms with Gasteiger partial charge in [0.05, 0.1) is 22.5 Å². The first-order valence-corrected chi connectivity index (χ1v) is 11.0. The second kappa shape index (κ2) is 8.63. The molecule has 1 aromatic rings. The number of hydrogen-bond acceptors (Lipinski definition) is 5. The Bertz CT molecular complexity index is 887. The lowest BCUT2D eigenvalue weighted by Crippen LogP contribution is -2.74. The van der Waals surface area contributed by atoms with Crippen LogP contribution in [0.5, 0.6) is 0 Å². The molecule has 2 amide bonds. The van der Waals surface area contributed by atoms with Crippen LogP contribution >= 0.6 is 34.8 Å². The van der Waals surface area contributed by atoms with Gasteiger partial charge in [0.25, 0.3) is 5.91 Å². The minimum Gasteiger partial charge on any atom is -0.456 e. The monoisotopic (exact) mass is 478 g/mol. The van der Waals surface area contributed by atoms with Gasteiger partial charge >= 0.3 is 5.97 Å². The van der Waals surface area contributed by atoms with Crippen molar-refractivity contribution >= 4 is 63.4 Å². The van der Waals surface area contributed by atoms with Crippen molar-refractivity contribution in [2.24, 2.45) is 0 Å². The highest BCUT2D eigenvalue weighted by Crippen LogP contribution is 2.35. The zero-order chi connectivity index (χ0) is 21.3. The third-order valence-electron chi connectivity index (χ3n) is 4.40.